The summed E-state index contributed by atoms with van der Waals surface area (Å²) in [6, 6.07) is 0.265. The van der Waals surface area contributed by atoms with Crippen LogP contribution >= 0.6 is 0 Å². The molecule has 0 fully saturated rings. The fourth-order valence-electron chi connectivity index (χ4n) is 2.25. The number of nitrogens with one attached hydrogen (secondary N) is 1. The SMILES string of the molecule is C.C.C.C.C.C.C.C.C.CCC(C)C(=O)N(C)C.CCC(C)C(=O)N(CC)CC.CCC(C)C(=O)NC(C)C. The van der Waals surface area contributed by atoms with Crippen molar-refractivity contribution >= 4 is 17.7 Å². The molecule has 6 heteroatoms. The van der Waals surface area contributed by atoms with Gasteiger partial charge in [0.1, 0.15) is 0 Å². The maximum absolute atomic E-state index is 11.5. The second kappa shape index (κ2) is 46.3. The highest BCUT2D eigenvalue weighted by atomic mass is 16.2. The van der Waals surface area contributed by atoms with Crippen LogP contribution in [-0.4, -0.2) is 60.7 Å². The van der Waals surface area contributed by atoms with Crippen molar-refractivity contribution in [2.45, 2.75) is 161 Å². The number of amides is 3. The van der Waals surface area contributed by atoms with Gasteiger partial charge in [-0.15, -0.1) is 0 Å². The van der Waals surface area contributed by atoms with Crippen LogP contribution in [0.15, 0.2) is 0 Å². The molecule has 0 aromatic carbocycles. The first kappa shape index (κ1) is 76.8. The van der Waals surface area contributed by atoms with Gasteiger partial charge in [-0.2, -0.15) is 0 Å². The normalized spacial score (nSPS) is 9.97. The molecule has 0 heterocycles. The quantitative estimate of drug-likeness (QED) is 0.298. The second-order valence-corrected chi connectivity index (χ2v) is 8.33. The Kier molecular flexibility index (Phi) is 91.1. The zero-order valence-electron chi connectivity index (χ0n) is 22.0. The minimum atomic E-state index is 0. The first-order valence-corrected chi connectivity index (χ1v) is 11.6. The van der Waals surface area contributed by atoms with Crippen LogP contribution in [-0.2, 0) is 14.4 Å². The van der Waals surface area contributed by atoms with Gasteiger partial charge in [-0.1, -0.05) is 108 Å². The predicted molar refractivity (Wildman–Crippen MR) is 189 cm³/mol. The second-order valence-electron chi connectivity index (χ2n) is 8.33. The molecule has 0 spiro atoms. The third-order valence-corrected chi connectivity index (χ3v) is 5.07. The van der Waals surface area contributed by atoms with Crippen molar-refractivity contribution in [1.82, 2.24) is 15.1 Å². The minimum Gasteiger partial charge on any atom is -0.354 e. The van der Waals surface area contributed by atoms with Gasteiger partial charge in [0.05, 0.1) is 0 Å². The number of carbonyl (C=O) groups excluding carboxylic acids is 3. The van der Waals surface area contributed by atoms with Crippen molar-refractivity contribution in [3.05, 3.63) is 0 Å². The first-order valence-electron chi connectivity index (χ1n) is 11.6. The molecular weight excluding hydrogens is 486 g/mol. The van der Waals surface area contributed by atoms with Crippen LogP contribution in [0.3, 0.4) is 0 Å². The molecule has 0 saturated heterocycles. The average molecular weight is 574 g/mol. The summed E-state index contributed by atoms with van der Waals surface area (Å²) in [5, 5.41) is 2.85. The van der Waals surface area contributed by atoms with Crippen LogP contribution < -0.4 is 5.32 Å². The van der Waals surface area contributed by atoms with Crippen molar-refractivity contribution < 1.29 is 14.4 Å². The van der Waals surface area contributed by atoms with E-state index >= 15 is 0 Å². The zero-order chi connectivity index (χ0) is 24.4. The van der Waals surface area contributed by atoms with Crippen LogP contribution in [0, 0.1) is 17.8 Å². The predicted octanol–water partition coefficient (Wildman–Crippen LogP) is 10.3. The number of hydrogen-bond donors (Lipinski definition) is 1. The first-order chi connectivity index (χ1) is 13.8. The van der Waals surface area contributed by atoms with Gasteiger partial charge in [0.25, 0.3) is 0 Å². The van der Waals surface area contributed by atoms with E-state index in [2.05, 4.69) is 5.32 Å². The van der Waals surface area contributed by atoms with Crippen molar-refractivity contribution in [3.63, 3.8) is 0 Å². The highest BCUT2D eigenvalue weighted by Gasteiger charge is 2.15. The number of hydrogen-bond acceptors (Lipinski definition) is 3. The van der Waals surface area contributed by atoms with Crippen LogP contribution in [0.2, 0.25) is 0 Å². The summed E-state index contributed by atoms with van der Waals surface area (Å²) < 4.78 is 0. The van der Waals surface area contributed by atoms with E-state index < -0.39 is 0 Å². The molecule has 0 saturated carbocycles. The van der Waals surface area contributed by atoms with E-state index in [9.17, 15) is 14.4 Å². The summed E-state index contributed by atoms with van der Waals surface area (Å²) in [6.45, 7) is 21.6. The van der Waals surface area contributed by atoms with E-state index in [4.69, 9.17) is 0 Å². The Morgan fingerprint density at radius 3 is 1.00 bits per heavy atom. The van der Waals surface area contributed by atoms with Crippen molar-refractivity contribution in [3.8, 4) is 0 Å². The Morgan fingerprint density at radius 1 is 0.538 bits per heavy atom. The Hall–Kier alpha value is -1.59. The summed E-state index contributed by atoms with van der Waals surface area (Å²) in [7, 11) is 3.57. The van der Waals surface area contributed by atoms with Crippen molar-refractivity contribution in [2.24, 2.45) is 17.8 Å². The van der Waals surface area contributed by atoms with Gasteiger partial charge in [0.2, 0.25) is 17.7 Å². The molecule has 0 rings (SSSR count). The lowest BCUT2D eigenvalue weighted by Crippen LogP contribution is -2.34. The van der Waals surface area contributed by atoms with Gasteiger partial charge in [0, 0.05) is 51.0 Å². The highest BCUT2D eigenvalue weighted by Crippen LogP contribution is 2.05. The molecule has 0 aliphatic rings. The molecule has 0 aromatic rings. The fraction of sp³-hybridized carbons (Fsp3) is 0.909. The molecule has 6 nitrogen and oxygen atoms in total. The molecule has 0 bridgehead atoms. The lowest BCUT2D eigenvalue weighted by atomic mass is 10.1. The van der Waals surface area contributed by atoms with E-state index in [1.54, 1.807) is 19.0 Å². The molecule has 0 aliphatic carbocycles. The smallest absolute Gasteiger partial charge is 0.225 e. The Balaban J connectivity index is -0.0000000252. The molecule has 3 amide bonds. The summed E-state index contributed by atoms with van der Waals surface area (Å²) >= 11 is 0. The van der Waals surface area contributed by atoms with E-state index in [1.165, 1.54) is 0 Å². The van der Waals surface area contributed by atoms with Crippen molar-refractivity contribution in [2.75, 3.05) is 27.2 Å². The maximum Gasteiger partial charge on any atom is 0.225 e. The molecule has 0 aliphatic heterocycles. The molecule has 0 radical (unpaired) electrons. The van der Waals surface area contributed by atoms with E-state index in [0.29, 0.717) is 0 Å². The van der Waals surface area contributed by atoms with Crippen molar-refractivity contribution in [1.29, 1.82) is 0 Å². The molecule has 1 N–H and O–H groups in total. The summed E-state index contributed by atoms with van der Waals surface area (Å²) in [6.07, 6.45) is 2.78. The summed E-state index contributed by atoms with van der Waals surface area (Å²) in [5.74, 6) is 1.20. The summed E-state index contributed by atoms with van der Waals surface area (Å²) in [4.78, 5) is 37.1. The third kappa shape index (κ3) is 41.0. The fourth-order valence-corrected chi connectivity index (χ4v) is 2.25. The van der Waals surface area contributed by atoms with Gasteiger partial charge in [-0.3, -0.25) is 14.4 Å². The monoisotopic (exact) mass is 574 g/mol. The van der Waals surface area contributed by atoms with E-state index in [0.717, 1.165) is 32.4 Å². The van der Waals surface area contributed by atoms with E-state index in [1.807, 2.05) is 74.1 Å². The largest absolute Gasteiger partial charge is 0.354 e. The molecule has 3 unspecified atom stereocenters. The zero-order valence-corrected chi connectivity index (χ0v) is 22.0. The Labute approximate surface area is 253 Å². The third-order valence-electron chi connectivity index (χ3n) is 5.07. The average Bonchev–Trinajstić information content (AvgIpc) is 2.72. The molecule has 39 heavy (non-hydrogen) atoms. The van der Waals surface area contributed by atoms with Gasteiger partial charge in [0.15, 0.2) is 0 Å². The molecular formula is C33H87N3O3. The van der Waals surface area contributed by atoms with Crippen LogP contribution in [0.5, 0.6) is 0 Å². The Morgan fingerprint density at radius 2 is 0.821 bits per heavy atom. The van der Waals surface area contributed by atoms with Gasteiger partial charge >= 0.3 is 0 Å². The maximum atomic E-state index is 11.5. The molecule has 252 valence electrons. The summed E-state index contributed by atoms with van der Waals surface area (Å²) in [5.41, 5.74) is 0. The van der Waals surface area contributed by atoms with Crippen LogP contribution in [0.4, 0.5) is 0 Å². The number of nitrogens with zero attached hydrogens (tertiary/aromatic N) is 2. The highest BCUT2D eigenvalue weighted by molar-refractivity contribution is 5.79. The Bertz CT molecular complexity index is 463. The minimum absolute atomic E-state index is 0. The van der Waals surface area contributed by atoms with Gasteiger partial charge < -0.3 is 15.1 Å². The number of carbonyl (C=O) groups is 3. The van der Waals surface area contributed by atoms with Crippen LogP contribution in [0.1, 0.15) is 155 Å². The number of rotatable bonds is 9. The van der Waals surface area contributed by atoms with Gasteiger partial charge in [-0.25, -0.2) is 0 Å². The topological polar surface area (TPSA) is 69.7 Å². The van der Waals surface area contributed by atoms with Gasteiger partial charge in [-0.05, 0) is 47.0 Å². The lowest BCUT2D eigenvalue weighted by molar-refractivity contribution is -0.134. The standard InChI is InChI=1S/C9H19NO.C8H17NO.C7H15NO.9CH4/c1-5-8(4)9(11)10(6-2)7-3;1-5-7(4)8(10)9-6(2)3;1-5-6(2)7(9)8(3)4;;;;;;;;;/h8H,5-7H2,1-4H3;6-7H,5H2,1-4H3,(H,9,10);6H,5H2,1-4H3;9*1H4. The lowest BCUT2D eigenvalue weighted by Gasteiger charge is -2.21. The molecule has 0 aromatic heterocycles. The molecule has 3 atom stereocenters. The van der Waals surface area contributed by atoms with Crippen LogP contribution in [0.25, 0.3) is 0 Å². The van der Waals surface area contributed by atoms with E-state index in [-0.39, 0.29) is 108 Å².